The van der Waals surface area contributed by atoms with E-state index >= 15 is 0 Å². The molecule has 1 unspecified atom stereocenters. The molecule has 0 saturated heterocycles. The molecule has 4 heteroatoms. The van der Waals surface area contributed by atoms with Crippen molar-refractivity contribution in [3.63, 3.8) is 0 Å². The molecule has 2 nitrogen and oxygen atoms in total. The number of halogens is 2. The number of rotatable bonds is 5. The van der Waals surface area contributed by atoms with Crippen LogP contribution in [0.3, 0.4) is 0 Å². The first-order valence-corrected chi connectivity index (χ1v) is 5.69. The monoisotopic (exact) mass is 221 g/mol. The fraction of sp³-hybridized carbons (Fsp3) is 1.00. The summed E-state index contributed by atoms with van der Waals surface area (Å²) in [6.45, 7) is 3.51. The topological polar surface area (TPSA) is 21.3 Å². The Labute approximate surface area is 90.4 Å². The van der Waals surface area contributed by atoms with Gasteiger partial charge in [0, 0.05) is 26.0 Å². The molecule has 15 heavy (non-hydrogen) atoms. The number of ether oxygens (including phenoxy) is 1. The molecule has 1 aliphatic carbocycles. The fourth-order valence-electron chi connectivity index (χ4n) is 2.27. The summed E-state index contributed by atoms with van der Waals surface area (Å²) in [7, 11) is 1.65. The van der Waals surface area contributed by atoms with Gasteiger partial charge in [0.2, 0.25) is 5.92 Å². The Bertz CT molecular complexity index is 171. The maximum Gasteiger partial charge on any atom is 0.248 e. The van der Waals surface area contributed by atoms with Crippen molar-refractivity contribution in [1.82, 2.24) is 5.32 Å². The lowest BCUT2D eigenvalue weighted by molar-refractivity contribution is -0.0524. The number of nitrogens with one attached hydrogen (secondary N) is 1. The Hall–Kier alpha value is -0.220. The maximum atomic E-state index is 13.0. The average Bonchev–Trinajstić information content (AvgIpc) is 2.18. The minimum absolute atomic E-state index is 0.0310. The van der Waals surface area contributed by atoms with Crippen molar-refractivity contribution in [3.05, 3.63) is 0 Å². The highest BCUT2D eigenvalue weighted by molar-refractivity contribution is 4.84. The minimum atomic E-state index is -2.43. The summed E-state index contributed by atoms with van der Waals surface area (Å²) >= 11 is 0. The summed E-state index contributed by atoms with van der Waals surface area (Å²) in [5.41, 5.74) is 0. The second-order valence-corrected chi connectivity index (χ2v) is 4.31. The Morgan fingerprint density at radius 2 is 2.00 bits per heavy atom. The van der Waals surface area contributed by atoms with E-state index in [1.807, 2.05) is 6.92 Å². The summed E-state index contributed by atoms with van der Waals surface area (Å²) in [5.74, 6) is -2.09. The van der Waals surface area contributed by atoms with Crippen LogP contribution in [-0.4, -0.2) is 32.2 Å². The summed E-state index contributed by atoms with van der Waals surface area (Å²) < 4.78 is 31.0. The van der Waals surface area contributed by atoms with Crippen LogP contribution in [0.25, 0.3) is 0 Å². The van der Waals surface area contributed by atoms with Crippen molar-refractivity contribution in [3.8, 4) is 0 Å². The van der Waals surface area contributed by atoms with E-state index in [-0.39, 0.29) is 18.9 Å². The summed E-state index contributed by atoms with van der Waals surface area (Å²) in [5, 5.41) is 3.31. The zero-order valence-corrected chi connectivity index (χ0v) is 9.56. The van der Waals surface area contributed by atoms with Crippen molar-refractivity contribution < 1.29 is 13.5 Å². The van der Waals surface area contributed by atoms with Gasteiger partial charge < -0.3 is 10.1 Å². The van der Waals surface area contributed by atoms with Gasteiger partial charge in [-0.25, -0.2) is 8.78 Å². The van der Waals surface area contributed by atoms with Gasteiger partial charge in [0.25, 0.3) is 0 Å². The number of methoxy groups -OCH3 is 1. The molecule has 0 radical (unpaired) electrons. The van der Waals surface area contributed by atoms with E-state index in [2.05, 4.69) is 5.32 Å². The standard InChI is InChI=1S/C11H21F2NO/c1-3-14-10(8-15-2)9-4-6-11(12,13)7-5-9/h9-10,14H,3-8H2,1-2H3. The maximum absolute atomic E-state index is 13.0. The predicted molar refractivity (Wildman–Crippen MR) is 56.2 cm³/mol. The van der Waals surface area contributed by atoms with Crippen LogP contribution in [0.2, 0.25) is 0 Å². The first-order chi connectivity index (χ1) is 7.09. The highest BCUT2D eigenvalue weighted by Gasteiger charge is 2.37. The van der Waals surface area contributed by atoms with Crippen LogP contribution in [-0.2, 0) is 4.74 Å². The average molecular weight is 221 g/mol. The summed E-state index contributed by atoms with van der Waals surface area (Å²) in [6, 6.07) is 0.232. The van der Waals surface area contributed by atoms with E-state index in [4.69, 9.17) is 4.74 Å². The van der Waals surface area contributed by atoms with Gasteiger partial charge in [0.05, 0.1) is 6.61 Å². The first kappa shape index (κ1) is 12.8. The SMILES string of the molecule is CCNC(COC)C1CCC(F)(F)CC1. The molecular weight excluding hydrogens is 200 g/mol. The smallest absolute Gasteiger partial charge is 0.248 e. The molecule has 0 heterocycles. The molecule has 1 rings (SSSR count). The second-order valence-electron chi connectivity index (χ2n) is 4.31. The normalized spacial score (nSPS) is 24.0. The molecule has 1 saturated carbocycles. The number of likely N-dealkylation sites (N-methyl/N-ethyl adjacent to an activating group) is 1. The highest BCUT2D eigenvalue weighted by Crippen LogP contribution is 2.37. The van der Waals surface area contributed by atoms with Gasteiger partial charge >= 0.3 is 0 Å². The first-order valence-electron chi connectivity index (χ1n) is 5.69. The van der Waals surface area contributed by atoms with E-state index in [0.717, 1.165) is 6.54 Å². The van der Waals surface area contributed by atoms with Crippen LogP contribution in [0.1, 0.15) is 32.6 Å². The molecule has 1 fully saturated rings. The Kier molecular flexibility index (Phi) is 4.93. The van der Waals surface area contributed by atoms with Crippen LogP contribution in [0.4, 0.5) is 8.78 Å². The zero-order chi connectivity index (χ0) is 11.3. The number of hydrogen-bond donors (Lipinski definition) is 1. The van der Waals surface area contributed by atoms with Crippen LogP contribution in [0.15, 0.2) is 0 Å². The van der Waals surface area contributed by atoms with Crippen LogP contribution in [0, 0.1) is 5.92 Å². The fourth-order valence-corrected chi connectivity index (χ4v) is 2.27. The Balaban J connectivity index is 2.41. The van der Waals surface area contributed by atoms with Gasteiger partial charge in [-0.2, -0.15) is 0 Å². The van der Waals surface area contributed by atoms with E-state index < -0.39 is 5.92 Å². The molecule has 0 bridgehead atoms. The van der Waals surface area contributed by atoms with Gasteiger partial charge in [-0.15, -0.1) is 0 Å². The van der Waals surface area contributed by atoms with Gasteiger partial charge in [-0.3, -0.25) is 0 Å². The third kappa shape index (κ3) is 4.03. The molecular formula is C11H21F2NO. The molecule has 0 amide bonds. The van der Waals surface area contributed by atoms with E-state index in [1.54, 1.807) is 7.11 Å². The minimum Gasteiger partial charge on any atom is -0.383 e. The third-order valence-corrected chi connectivity index (χ3v) is 3.14. The van der Waals surface area contributed by atoms with E-state index in [9.17, 15) is 8.78 Å². The third-order valence-electron chi connectivity index (χ3n) is 3.14. The lowest BCUT2D eigenvalue weighted by atomic mass is 9.82. The van der Waals surface area contributed by atoms with Crippen molar-refractivity contribution >= 4 is 0 Å². The van der Waals surface area contributed by atoms with Crippen LogP contribution < -0.4 is 5.32 Å². The molecule has 0 spiro atoms. The van der Waals surface area contributed by atoms with Crippen LogP contribution >= 0.6 is 0 Å². The van der Waals surface area contributed by atoms with Gasteiger partial charge in [0.1, 0.15) is 0 Å². The zero-order valence-electron chi connectivity index (χ0n) is 9.56. The summed E-state index contributed by atoms with van der Waals surface area (Å²) in [4.78, 5) is 0. The molecule has 0 aliphatic heterocycles. The molecule has 90 valence electrons. The quantitative estimate of drug-likeness (QED) is 0.770. The summed E-state index contributed by atoms with van der Waals surface area (Å²) in [6.07, 6.45) is 1.27. The van der Waals surface area contributed by atoms with Crippen molar-refractivity contribution in [2.45, 2.75) is 44.6 Å². The molecule has 1 N–H and O–H groups in total. The second kappa shape index (κ2) is 5.75. The van der Waals surface area contributed by atoms with Gasteiger partial charge in [-0.1, -0.05) is 6.92 Å². The molecule has 0 aromatic rings. The lowest BCUT2D eigenvalue weighted by Gasteiger charge is -2.33. The molecule has 1 aliphatic rings. The largest absolute Gasteiger partial charge is 0.383 e. The Morgan fingerprint density at radius 3 is 2.47 bits per heavy atom. The molecule has 0 aromatic heterocycles. The molecule has 0 aromatic carbocycles. The highest BCUT2D eigenvalue weighted by atomic mass is 19.3. The Morgan fingerprint density at radius 1 is 1.40 bits per heavy atom. The number of hydrogen-bond acceptors (Lipinski definition) is 2. The lowest BCUT2D eigenvalue weighted by Crippen LogP contribution is -2.42. The van der Waals surface area contributed by atoms with Crippen LogP contribution in [0.5, 0.6) is 0 Å². The van der Waals surface area contributed by atoms with E-state index in [1.165, 1.54) is 0 Å². The van der Waals surface area contributed by atoms with Crippen molar-refractivity contribution in [2.24, 2.45) is 5.92 Å². The van der Waals surface area contributed by atoms with Crippen molar-refractivity contribution in [1.29, 1.82) is 0 Å². The van der Waals surface area contributed by atoms with Gasteiger partial charge in [0.15, 0.2) is 0 Å². The van der Waals surface area contributed by atoms with Crippen molar-refractivity contribution in [2.75, 3.05) is 20.3 Å². The number of alkyl halides is 2. The molecule has 1 atom stereocenters. The van der Waals surface area contributed by atoms with Gasteiger partial charge in [-0.05, 0) is 25.3 Å². The predicted octanol–water partition coefficient (Wildman–Crippen LogP) is 2.44. The van der Waals surface area contributed by atoms with E-state index in [0.29, 0.717) is 25.4 Å².